The van der Waals surface area contributed by atoms with Crippen LogP contribution in [0, 0.1) is 0 Å². The smallest absolute Gasteiger partial charge is 0.446 e. The first-order valence-corrected chi connectivity index (χ1v) is 8.50. The zero-order chi connectivity index (χ0) is 19.6. The average molecular weight is 397 g/mol. The number of thioether (sulfide) groups is 1. The third-order valence-corrected chi connectivity index (χ3v) is 4.52. The fourth-order valence-electron chi connectivity index (χ4n) is 2.57. The van der Waals surface area contributed by atoms with Crippen LogP contribution < -0.4 is 5.69 Å². The molecule has 0 fully saturated rings. The summed E-state index contributed by atoms with van der Waals surface area (Å²) in [6.45, 7) is -0.150. The van der Waals surface area contributed by atoms with Gasteiger partial charge in [0.15, 0.2) is 0 Å². The lowest BCUT2D eigenvalue weighted by Gasteiger charge is -2.08. The van der Waals surface area contributed by atoms with E-state index in [1.807, 2.05) is 0 Å². The van der Waals surface area contributed by atoms with E-state index in [0.29, 0.717) is 11.1 Å². The van der Waals surface area contributed by atoms with Gasteiger partial charge in [-0.05, 0) is 47.7 Å². The first-order valence-electron chi connectivity index (χ1n) is 7.68. The summed E-state index contributed by atoms with van der Waals surface area (Å²) in [6.07, 6.45) is 4.23. The Morgan fingerprint density at radius 2 is 1.81 bits per heavy atom. The highest BCUT2D eigenvalue weighted by molar-refractivity contribution is 8.00. The molecule has 1 aromatic carbocycles. The summed E-state index contributed by atoms with van der Waals surface area (Å²) in [4.78, 5) is 16.5. The van der Waals surface area contributed by atoms with Crippen LogP contribution in [0.4, 0.5) is 13.2 Å². The first-order chi connectivity index (χ1) is 12.8. The molecular formula is C17H14F3N3O3S. The van der Waals surface area contributed by atoms with Gasteiger partial charge in [0.25, 0.3) is 0 Å². The van der Waals surface area contributed by atoms with Crippen LogP contribution in [0.25, 0.3) is 5.69 Å². The zero-order valence-electron chi connectivity index (χ0n) is 13.7. The second-order valence-corrected chi connectivity index (χ2v) is 6.72. The van der Waals surface area contributed by atoms with Gasteiger partial charge in [0.05, 0.1) is 25.0 Å². The molecule has 0 saturated carbocycles. The van der Waals surface area contributed by atoms with E-state index >= 15 is 0 Å². The molecule has 3 rings (SSSR count). The Hall–Kier alpha value is -2.72. The molecule has 6 nitrogen and oxygen atoms in total. The van der Waals surface area contributed by atoms with Crippen molar-refractivity contribution in [3.05, 3.63) is 70.5 Å². The first kappa shape index (κ1) is 19.1. The van der Waals surface area contributed by atoms with Crippen LogP contribution in [-0.2, 0) is 13.2 Å². The Bertz CT molecular complexity index is 997. The maximum atomic E-state index is 12.6. The lowest BCUT2D eigenvalue weighted by atomic mass is 10.1. The van der Waals surface area contributed by atoms with Gasteiger partial charge in [-0.25, -0.2) is 9.36 Å². The molecule has 0 amide bonds. The molecule has 10 heteroatoms. The maximum Gasteiger partial charge on any atom is 0.446 e. The van der Waals surface area contributed by atoms with Gasteiger partial charge >= 0.3 is 11.2 Å². The molecule has 0 bridgehead atoms. The van der Waals surface area contributed by atoms with E-state index in [2.05, 4.69) is 4.98 Å². The molecule has 3 aromatic rings. The number of rotatable bonds is 5. The van der Waals surface area contributed by atoms with E-state index in [9.17, 15) is 28.2 Å². The van der Waals surface area contributed by atoms with Gasteiger partial charge in [-0.2, -0.15) is 13.2 Å². The van der Waals surface area contributed by atoms with E-state index < -0.39 is 11.2 Å². The molecule has 0 spiro atoms. The summed E-state index contributed by atoms with van der Waals surface area (Å²) in [5.41, 5.74) is -3.53. The lowest BCUT2D eigenvalue weighted by molar-refractivity contribution is -0.0328. The van der Waals surface area contributed by atoms with Gasteiger partial charge in [-0.15, -0.1) is 0 Å². The minimum Gasteiger partial charge on any atom is -0.493 e. The van der Waals surface area contributed by atoms with Gasteiger partial charge in [-0.3, -0.25) is 9.55 Å². The van der Waals surface area contributed by atoms with Crippen LogP contribution in [0.3, 0.4) is 0 Å². The van der Waals surface area contributed by atoms with Crippen molar-refractivity contribution in [3.63, 3.8) is 0 Å². The Kier molecular flexibility index (Phi) is 5.29. The summed E-state index contributed by atoms with van der Waals surface area (Å²) in [5, 5.41) is 19.5. The Morgan fingerprint density at radius 1 is 1.11 bits per heavy atom. The van der Waals surface area contributed by atoms with Crippen molar-refractivity contribution in [2.45, 2.75) is 23.6 Å². The molecule has 0 radical (unpaired) electrons. The highest BCUT2D eigenvalue weighted by Gasteiger charge is 2.29. The standard InChI is InChI=1S/C17H14F3N3O3S/c18-17(19,20)27-14-3-1-13(2-4-14)23-15(25)9-22(16(23)26)8-11-5-6-21-7-12(11)10-24/h1-7,9,24-25H,8,10H2. The minimum atomic E-state index is -4.40. The molecule has 142 valence electrons. The molecular weight excluding hydrogens is 383 g/mol. The summed E-state index contributed by atoms with van der Waals surface area (Å²) in [7, 11) is 0. The number of halogens is 3. The van der Waals surface area contributed by atoms with E-state index in [1.165, 1.54) is 47.4 Å². The van der Waals surface area contributed by atoms with Crippen LogP contribution in [0.5, 0.6) is 5.88 Å². The van der Waals surface area contributed by atoms with Crippen molar-refractivity contribution >= 4 is 11.8 Å². The van der Waals surface area contributed by atoms with Crippen LogP contribution in [0.15, 0.2) is 58.6 Å². The number of hydrogen-bond acceptors (Lipinski definition) is 5. The number of pyridine rings is 1. The van der Waals surface area contributed by atoms with E-state index in [4.69, 9.17) is 0 Å². The topological polar surface area (TPSA) is 80.3 Å². The second kappa shape index (κ2) is 7.49. The van der Waals surface area contributed by atoms with Crippen molar-refractivity contribution < 1.29 is 23.4 Å². The number of benzene rings is 1. The quantitative estimate of drug-likeness (QED) is 0.647. The number of alkyl halides is 3. The third kappa shape index (κ3) is 4.34. The lowest BCUT2D eigenvalue weighted by Crippen LogP contribution is -2.23. The molecule has 0 aliphatic rings. The average Bonchev–Trinajstić information content (AvgIpc) is 2.88. The fourth-order valence-corrected chi connectivity index (χ4v) is 3.11. The van der Waals surface area contributed by atoms with E-state index in [-0.39, 0.29) is 41.4 Å². The molecule has 27 heavy (non-hydrogen) atoms. The Morgan fingerprint density at radius 3 is 2.44 bits per heavy atom. The number of aromatic nitrogens is 3. The number of aliphatic hydroxyl groups excluding tert-OH is 1. The Labute approximate surface area is 155 Å². The second-order valence-electron chi connectivity index (χ2n) is 5.58. The van der Waals surface area contributed by atoms with Crippen LogP contribution >= 0.6 is 11.8 Å². The molecule has 0 aliphatic carbocycles. The molecule has 2 heterocycles. The summed E-state index contributed by atoms with van der Waals surface area (Å²) < 4.78 is 39.4. The predicted octanol–water partition coefficient (Wildman–Crippen LogP) is 2.89. The fraction of sp³-hybridized carbons (Fsp3) is 0.176. The summed E-state index contributed by atoms with van der Waals surface area (Å²) in [5.74, 6) is -0.351. The Balaban J connectivity index is 1.91. The summed E-state index contributed by atoms with van der Waals surface area (Å²) in [6, 6.07) is 6.75. The molecule has 0 aliphatic heterocycles. The van der Waals surface area contributed by atoms with Crippen LogP contribution in [-0.4, -0.2) is 29.8 Å². The molecule has 2 N–H and O–H groups in total. The maximum absolute atomic E-state index is 12.6. The van der Waals surface area contributed by atoms with Gasteiger partial charge in [0.2, 0.25) is 5.88 Å². The minimum absolute atomic E-state index is 0.0254. The van der Waals surface area contributed by atoms with Gasteiger partial charge in [0.1, 0.15) is 0 Å². The SMILES string of the molecule is O=c1n(Cc2ccncc2CO)cc(O)n1-c1ccc(SC(F)(F)F)cc1. The number of aromatic hydroxyl groups is 1. The van der Waals surface area contributed by atoms with Gasteiger partial charge in [0, 0.05) is 22.9 Å². The van der Waals surface area contributed by atoms with Crippen molar-refractivity contribution in [1.82, 2.24) is 14.1 Å². The highest BCUT2D eigenvalue weighted by Crippen LogP contribution is 2.37. The summed E-state index contributed by atoms with van der Waals surface area (Å²) >= 11 is -0.261. The van der Waals surface area contributed by atoms with Crippen molar-refractivity contribution in [2.24, 2.45) is 0 Å². The largest absolute Gasteiger partial charge is 0.493 e. The number of aliphatic hydroxyl groups is 1. The number of imidazole rings is 1. The molecule has 0 saturated heterocycles. The van der Waals surface area contributed by atoms with E-state index in [0.717, 1.165) is 4.57 Å². The zero-order valence-corrected chi connectivity index (χ0v) is 14.5. The van der Waals surface area contributed by atoms with Crippen molar-refractivity contribution in [3.8, 4) is 11.6 Å². The van der Waals surface area contributed by atoms with Crippen molar-refractivity contribution in [1.29, 1.82) is 0 Å². The van der Waals surface area contributed by atoms with Gasteiger partial charge in [-0.1, -0.05) is 0 Å². The predicted molar refractivity (Wildman–Crippen MR) is 92.9 cm³/mol. The van der Waals surface area contributed by atoms with E-state index in [1.54, 1.807) is 6.07 Å². The molecule has 0 atom stereocenters. The van der Waals surface area contributed by atoms with Crippen LogP contribution in [0.2, 0.25) is 0 Å². The third-order valence-electron chi connectivity index (χ3n) is 3.78. The van der Waals surface area contributed by atoms with Crippen molar-refractivity contribution in [2.75, 3.05) is 0 Å². The highest BCUT2D eigenvalue weighted by atomic mass is 32.2. The number of hydrogen-bond donors (Lipinski definition) is 2. The van der Waals surface area contributed by atoms with Crippen LogP contribution in [0.1, 0.15) is 11.1 Å². The monoisotopic (exact) mass is 397 g/mol. The molecule has 0 unspecified atom stereocenters. The van der Waals surface area contributed by atoms with Gasteiger partial charge < -0.3 is 10.2 Å². The normalized spacial score (nSPS) is 11.7. The molecule has 2 aromatic heterocycles. The number of nitrogens with zero attached hydrogens (tertiary/aromatic N) is 3.